The predicted molar refractivity (Wildman–Crippen MR) is 69.2 cm³/mol. The second-order valence-corrected chi connectivity index (χ2v) is 5.03. The van der Waals surface area contributed by atoms with E-state index < -0.39 is 0 Å². The van der Waals surface area contributed by atoms with Crippen molar-refractivity contribution in [3.05, 3.63) is 33.4 Å². The summed E-state index contributed by atoms with van der Waals surface area (Å²) in [6.45, 7) is 2.07. The summed E-state index contributed by atoms with van der Waals surface area (Å²) in [5, 5.41) is 3.40. The van der Waals surface area contributed by atoms with Crippen LogP contribution in [0.4, 0.5) is 0 Å². The first-order valence-electron chi connectivity index (χ1n) is 4.27. The molecule has 0 amide bonds. The van der Waals surface area contributed by atoms with Crippen LogP contribution >= 0.6 is 34.4 Å². The highest BCUT2D eigenvalue weighted by Gasteiger charge is 1.91. The summed E-state index contributed by atoms with van der Waals surface area (Å²) in [4.78, 5) is 0. The van der Waals surface area contributed by atoms with Gasteiger partial charge < -0.3 is 5.32 Å². The molecule has 13 heavy (non-hydrogen) atoms. The summed E-state index contributed by atoms with van der Waals surface area (Å²) in [5.41, 5.74) is 1.36. The highest BCUT2D eigenvalue weighted by Crippen LogP contribution is 2.06. The molecule has 0 aromatic heterocycles. The lowest BCUT2D eigenvalue weighted by molar-refractivity contribution is 0.732. The topological polar surface area (TPSA) is 12.0 Å². The van der Waals surface area contributed by atoms with Gasteiger partial charge in [0.15, 0.2) is 0 Å². The Kier molecular flexibility index (Phi) is 5.82. The summed E-state index contributed by atoms with van der Waals surface area (Å²) in [6.07, 6.45) is 2.13. The van der Waals surface area contributed by atoms with Gasteiger partial charge in [-0.3, -0.25) is 0 Å². The molecule has 1 nitrogen and oxygen atoms in total. The van der Waals surface area contributed by atoms with Crippen LogP contribution in [0.5, 0.6) is 0 Å². The smallest absolute Gasteiger partial charge is 0.0205 e. The van der Waals surface area contributed by atoms with Crippen LogP contribution in [0.25, 0.3) is 0 Å². The zero-order chi connectivity index (χ0) is 9.52. The van der Waals surface area contributed by atoms with E-state index >= 15 is 0 Å². The van der Waals surface area contributed by atoms with E-state index in [0.29, 0.717) is 0 Å². The Labute approximate surface area is 97.8 Å². The molecule has 0 saturated heterocycles. The SMILES string of the molecule is CSCCNCc1ccc(I)cc1. The molecule has 0 spiro atoms. The molecule has 0 saturated carbocycles. The van der Waals surface area contributed by atoms with Crippen molar-refractivity contribution in [2.24, 2.45) is 0 Å². The van der Waals surface area contributed by atoms with Gasteiger partial charge >= 0.3 is 0 Å². The standard InChI is InChI=1S/C10H14INS/c1-13-7-6-12-8-9-2-4-10(11)5-3-9/h2-5,12H,6-8H2,1H3. The van der Waals surface area contributed by atoms with Crippen molar-refractivity contribution in [2.75, 3.05) is 18.6 Å². The molecule has 72 valence electrons. The number of thioether (sulfide) groups is 1. The minimum atomic E-state index is 0.984. The van der Waals surface area contributed by atoms with Gasteiger partial charge in [0.2, 0.25) is 0 Å². The van der Waals surface area contributed by atoms with E-state index in [4.69, 9.17) is 0 Å². The van der Waals surface area contributed by atoms with E-state index in [0.717, 1.165) is 13.1 Å². The number of nitrogens with one attached hydrogen (secondary N) is 1. The first kappa shape index (κ1) is 11.3. The van der Waals surface area contributed by atoms with Crippen LogP contribution in [-0.4, -0.2) is 18.6 Å². The van der Waals surface area contributed by atoms with E-state index in [2.05, 4.69) is 58.4 Å². The molecule has 1 N–H and O–H groups in total. The van der Waals surface area contributed by atoms with Crippen LogP contribution in [0.3, 0.4) is 0 Å². The second kappa shape index (κ2) is 6.68. The zero-order valence-corrected chi connectivity index (χ0v) is 10.7. The molecule has 0 bridgehead atoms. The van der Waals surface area contributed by atoms with Crippen LogP contribution < -0.4 is 5.32 Å². The number of benzene rings is 1. The average Bonchev–Trinajstić information content (AvgIpc) is 2.15. The fraction of sp³-hybridized carbons (Fsp3) is 0.400. The zero-order valence-electron chi connectivity index (χ0n) is 7.72. The highest BCUT2D eigenvalue weighted by molar-refractivity contribution is 14.1. The molecule has 1 aromatic carbocycles. The maximum Gasteiger partial charge on any atom is 0.0205 e. The lowest BCUT2D eigenvalue weighted by atomic mass is 10.2. The first-order chi connectivity index (χ1) is 6.33. The van der Waals surface area contributed by atoms with Gasteiger partial charge in [0.05, 0.1) is 0 Å². The van der Waals surface area contributed by atoms with Crippen molar-refractivity contribution >= 4 is 34.4 Å². The van der Waals surface area contributed by atoms with Gasteiger partial charge in [0, 0.05) is 22.4 Å². The Balaban J connectivity index is 2.25. The molecule has 3 heteroatoms. The van der Waals surface area contributed by atoms with Crippen LogP contribution in [0.2, 0.25) is 0 Å². The summed E-state index contributed by atoms with van der Waals surface area (Å²) >= 11 is 4.20. The van der Waals surface area contributed by atoms with Crippen LogP contribution in [0.15, 0.2) is 24.3 Å². The molecular weight excluding hydrogens is 293 g/mol. The fourth-order valence-corrected chi connectivity index (χ4v) is 1.72. The van der Waals surface area contributed by atoms with Crippen molar-refractivity contribution in [3.8, 4) is 0 Å². The molecular formula is C10H14INS. The monoisotopic (exact) mass is 307 g/mol. The number of hydrogen-bond acceptors (Lipinski definition) is 2. The normalized spacial score (nSPS) is 10.3. The summed E-state index contributed by atoms with van der Waals surface area (Å²) in [7, 11) is 0. The van der Waals surface area contributed by atoms with Gasteiger partial charge in [-0.15, -0.1) is 0 Å². The molecule has 1 rings (SSSR count). The van der Waals surface area contributed by atoms with Gasteiger partial charge in [0.1, 0.15) is 0 Å². The molecule has 0 unspecified atom stereocenters. The predicted octanol–water partition coefficient (Wildman–Crippen LogP) is 2.74. The minimum absolute atomic E-state index is 0.984. The van der Waals surface area contributed by atoms with E-state index in [1.54, 1.807) is 0 Å². The molecule has 1 aromatic rings. The third kappa shape index (κ3) is 4.88. The van der Waals surface area contributed by atoms with Crippen molar-refractivity contribution in [2.45, 2.75) is 6.54 Å². The Morgan fingerprint density at radius 3 is 2.62 bits per heavy atom. The average molecular weight is 307 g/mol. The van der Waals surface area contributed by atoms with Crippen LogP contribution in [0.1, 0.15) is 5.56 Å². The number of hydrogen-bond donors (Lipinski definition) is 1. The third-order valence-corrected chi connectivity index (χ3v) is 3.06. The Morgan fingerprint density at radius 1 is 1.31 bits per heavy atom. The van der Waals surface area contributed by atoms with Gasteiger partial charge in [-0.2, -0.15) is 11.8 Å². The Morgan fingerprint density at radius 2 is 2.00 bits per heavy atom. The molecule has 0 aliphatic rings. The van der Waals surface area contributed by atoms with Gasteiger partial charge in [0.25, 0.3) is 0 Å². The minimum Gasteiger partial charge on any atom is -0.312 e. The Hall–Kier alpha value is 0.260. The van der Waals surface area contributed by atoms with Crippen molar-refractivity contribution < 1.29 is 0 Å². The lowest BCUT2D eigenvalue weighted by Crippen LogP contribution is -2.16. The van der Waals surface area contributed by atoms with E-state index in [1.807, 2.05) is 11.8 Å². The number of halogens is 1. The maximum atomic E-state index is 3.40. The van der Waals surface area contributed by atoms with Crippen molar-refractivity contribution in [1.29, 1.82) is 0 Å². The molecule has 0 heterocycles. The molecule has 0 radical (unpaired) electrons. The second-order valence-electron chi connectivity index (χ2n) is 2.80. The van der Waals surface area contributed by atoms with E-state index in [1.165, 1.54) is 14.9 Å². The Bertz CT molecular complexity index is 235. The first-order valence-corrected chi connectivity index (χ1v) is 6.74. The fourth-order valence-electron chi connectivity index (χ4n) is 1.01. The van der Waals surface area contributed by atoms with E-state index in [-0.39, 0.29) is 0 Å². The maximum absolute atomic E-state index is 3.40. The summed E-state index contributed by atoms with van der Waals surface area (Å²) < 4.78 is 1.30. The van der Waals surface area contributed by atoms with Gasteiger partial charge in [-0.1, -0.05) is 12.1 Å². The van der Waals surface area contributed by atoms with Crippen LogP contribution in [0, 0.1) is 3.57 Å². The summed E-state index contributed by atoms with van der Waals surface area (Å²) in [5.74, 6) is 1.18. The van der Waals surface area contributed by atoms with E-state index in [9.17, 15) is 0 Å². The van der Waals surface area contributed by atoms with Gasteiger partial charge in [-0.05, 0) is 46.5 Å². The van der Waals surface area contributed by atoms with Crippen LogP contribution in [-0.2, 0) is 6.54 Å². The quantitative estimate of drug-likeness (QED) is 0.663. The largest absolute Gasteiger partial charge is 0.312 e. The van der Waals surface area contributed by atoms with Crippen molar-refractivity contribution in [3.63, 3.8) is 0 Å². The molecule has 0 fully saturated rings. The van der Waals surface area contributed by atoms with Crippen molar-refractivity contribution in [1.82, 2.24) is 5.32 Å². The molecule has 0 aliphatic heterocycles. The van der Waals surface area contributed by atoms with Gasteiger partial charge in [-0.25, -0.2) is 0 Å². The molecule has 0 atom stereocenters. The molecule has 0 aliphatic carbocycles. The summed E-state index contributed by atoms with van der Waals surface area (Å²) in [6, 6.07) is 8.64. The third-order valence-electron chi connectivity index (χ3n) is 1.73. The lowest BCUT2D eigenvalue weighted by Gasteiger charge is -2.03. The highest BCUT2D eigenvalue weighted by atomic mass is 127. The number of rotatable bonds is 5.